The van der Waals surface area contributed by atoms with Crippen LogP contribution in [0.4, 0.5) is 5.69 Å². The average molecular weight is 585 g/mol. The van der Waals surface area contributed by atoms with Crippen molar-refractivity contribution in [3.05, 3.63) is 101 Å². The monoisotopic (exact) mass is 584 g/mol. The maximum Gasteiger partial charge on any atom is 0.304 e. The van der Waals surface area contributed by atoms with E-state index in [9.17, 15) is 18.0 Å². The minimum Gasteiger partial charge on any atom is -0.354 e. The van der Waals surface area contributed by atoms with Crippen LogP contribution in [-0.4, -0.2) is 62.7 Å². The first-order valence-electron chi connectivity index (χ1n) is 13.1. The summed E-state index contributed by atoms with van der Waals surface area (Å²) in [5.41, 5.74) is 1.94. The van der Waals surface area contributed by atoms with Gasteiger partial charge in [-0.15, -0.1) is 0 Å². The van der Waals surface area contributed by atoms with Crippen molar-refractivity contribution in [1.82, 2.24) is 14.5 Å². The van der Waals surface area contributed by atoms with E-state index in [1.54, 1.807) is 48.5 Å². The highest BCUT2D eigenvalue weighted by atomic mass is 35.5. The van der Waals surface area contributed by atoms with E-state index in [0.29, 0.717) is 17.3 Å². The minimum absolute atomic E-state index is 0.0661. The molecule has 214 valence electrons. The molecule has 2 amide bonds. The SMILES string of the molecule is CC(C)CNC(=O)[C@H](Cc1ccccc1)N(Cc1cccc(Cl)c1)C(=O)CN(c1ccccc1)S(=O)(=O)N(C)C. The molecule has 0 aromatic heterocycles. The van der Waals surface area contributed by atoms with Crippen molar-refractivity contribution in [3.8, 4) is 0 Å². The summed E-state index contributed by atoms with van der Waals surface area (Å²) < 4.78 is 28.8. The van der Waals surface area contributed by atoms with Crippen LogP contribution in [0, 0.1) is 5.92 Å². The number of carbonyl (C=O) groups excluding carboxylic acids is 2. The first kappa shape index (κ1) is 31.1. The molecule has 3 rings (SSSR count). The van der Waals surface area contributed by atoms with E-state index in [-0.39, 0.29) is 24.8 Å². The zero-order valence-corrected chi connectivity index (χ0v) is 24.9. The van der Waals surface area contributed by atoms with Crippen LogP contribution in [0.2, 0.25) is 5.02 Å². The van der Waals surface area contributed by atoms with Crippen LogP contribution < -0.4 is 9.62 Å². The Morgan fingerprint density at radius 2 is 1.48 bits per heavy atom. The smallest absolute Gasteiger partial charge is 0.304 e. The number of nitrogens with one attached hydrogen (secondary N) is 1. The Bertz CT molecular complexity index is 1370. The highest BCUT2D eigenvalue weighted by Gasteiger charge is 2.34. The zero-order chi connectivity index (χ0) is 29.3. The summed E-state index contributed by atoms with van der Waals surface area (Å²) in [7, 11) is -1.20. The first-order valence-corrected chi connectivity index (χ1v) is 14.9. The van der Waals surface area contributed by atoms with Crippen molar-refractivity contribution < 1.29 is 18.0 Å². The molecule has 0 spiro atoms. The summed E-state index contributed by atoms with van der Waals surface area (Å²) in [6.07, 6.45) is 0.253. The fraction of sp³-hybridized carbons (Fsp3) is 0.333. The topological polar surface area (TPSA) is 90.0 Å². The second-order valence-electron chi connectivity index (χ2n) is 10.1. The molecule has 0 heterocycles. The second kappa shape index (κ2) is 14.3. The number of hydrogen-bond donors (Lipinski definition) is 1. The molecule has 0 saturated carbocycles. The Balaban J connectivity index is 2.07. The molecular formula is C30H37ClN4O4S. The summed E-state index contributed by atoms with van der Waals surface area (Å²) in [5.74, 6) is -0.623. The lowest BCUT2D eigenvalue weighted by Gasteiger charge is -2.34. The third-order valence-electron chi connectivity index (χ3n) is 6.26. The summed E-state index contributed by atoms with van der Waals surface area (Å²) in [4.78, 5) is 29.2. The molecule has 1 N–H and O–H groups in total. The molecule has 3 aromatic rings. The number of nitrogens with zero attached hydrogens (tertiary/aromatic N) is 3. The van der Waals surface area contributed by atoms with Crippen molar-refractivity contribution in [3.63, 3.8) is 0 Å². The maximum absolute atomic E-state index is 14.1. The van der Waals surface area contributed by atoms with Gasteiger partial charge in [0, 0.05) is 38.6 Å². The third kappa shape index (κ3) is 8.55. The Morgan fingerprint density at radius 3 is 2.05 bits per heavy atom. The van der Waals surface area contributed by atoms with E-state index in [1.807, 2.05) is 50.2 Å². The molecule has 0 saturated heterocycles. The fourth-order valence-electron chi connectivity index (χ4n) is 4.12. The van der Waals surface area contributed by atoms with Crippen molar-refractivity contribution in [1.29, 1.82) is 0 Å². The molecule has 40 heavy (non-hydrogen) atoms. The van der Waals surface area contributed by atoms with Gasteiger partial charge in [-0.1, -0.05) is 86.1 Å². The molecule has 0 unspecified atom stereocenters. The van der Waals surface area contributed by atoms with Gasteiger partial charge >= 0.3 is 10.2 Å². The summed E-state index contributed by atoms with van der Waals surface area (Å²) in [6, 6.07) is 24.1. The third-order valence-corrected chi connectivity index (χ3v) is 8.32. The first-order chi connectivity index (χ1) is 19.0. The number of halogens is 1. The molecule has 8 nitrogen and oxygen atoms in total. The van der Waals surface area contributed by atoms with Gasteiger partial charge in [0.05, 0.1) is 5.69 Å². The van der Waals surface area contributed by atoms with Crippen molar-refractivity contribution in [2.45, 2.75) is 32.9 Å². The molecule has 0 aliphatic heterocycles. The Hall–Kier alpha value is -3.40. The van der Waals surface area contributed by atoms with Crippen molar-refractivity contribution in [2.24, 2.45) is 5.92 Å². The lowest BCUT2D eigenvalue weighted by molar-refractivity contribution is -0.140. The summed E-state index contributed by atoms with van der Waals surface area (Å²) >= 11 is 6.25. The van der Waals surface area contributed by atoms with Crippen LogP contribution >= 0.6 is 11.6 Å². The standard InChI is InChI=1S/C30H37ClN4O4S/c1-23(2)20-32-30(37)28(19-24-12-7-5-8-13-24)34(21-25-14-11-15-26(31)18-25)29(36)22-35(40(38,39)33(3)4)27-16-9-6-10-17-27/h5-18,23,28H,19-22H2,1-4H3,(H,32,37)/t28-/m0/s1. The van der Waals surface area contributed by atoms with Gasteiger partial charge in [0.1, 0.15) is 12.6 Å². The molecule has 1 atom stereocenters. The number of amides is 2. The van der Waals surface area contributed by atoms with Gasteiger partial charge in [0.2, 0.25) is 11.8 Å². The van der Waals surface area contributed by atoms with Gasteiger partial charge in [-0.3, -0.25) is 9.59 Å². The van der Waals surface area contributed by atoms with Gasteiger partial charge in [0.15, 0.2) is 0 Å². The van der Waals surface area contributed by atoms with Gasteiger partial charge in [0.25, 0.3) is 0 Å². The number of benzene rings is 3. The van der Waals surface area contributed by atoms with E-state index >= 15 is 0 Å². The second-order valence-corrected chi connectivity index (χ2v) is 12.6. The van der Waals surface area contributed by atoms with Crippen molar-refractivity contribution >= 4 is 39.3 Å². The molecule has 0 bridgehead atoms. The normalized spacial score (nSPS) is 12.3. The van der Waals surface area contributed by atoms with Crippen LogP contribution in [0.5, 0.6) is 0 Å². The lowest BCUT2D eigenvalue weighted by Crippen LogP contribution is -2.54. The number of carbonyl (C=O) groups is 2. The van der Waals surface area contributed by atoms with Gasteiger partial charge in [-0.05, 0) is 41.3 Å². The molecule has 0 aliphatic carbocycles. The summed E-state index contributed by atoms with van der Waals surface area (Å²) in [6.45, 7) is 4.00. The van der Waals surface area contributed by atoms with E-state index in [1.165, 1.54) is 19.0 Å². The predicted molar refractivity (Wildman–Crippen MR) is 160 cm³/mol. The molecule has 3 aromatic carbocycles. The predicted octanol–water partition coefficient (Wildman–Crippen LogP) is 4.37. The van der Waals surface area contributed by atoms with Crippen LogP contribution in [-0.2, 0) is 32.8 Å². The minimum atomic E-state index is -4.03. The van der Waals surface area contributed by atoms with E-state index in [2.05, 4.69) is 5.32 Å². The van der Waals surface area contributed by atoms with Crippen LogP contribution in [0.1, 0.15) is 25.0 Å². The number of rotatable bonds is 13. The number of para-hydroxylation sites is 1. The van der Waals surface area contributed by atoms with Gasteiger partial charge < -0.3 is 10.2 Å². The summed E-state index contributed by atoms with van der Waals surface area (Å²) in [5, 5.41) is 3.46. The largest absolute Gasteiger partial charge is 0.354 e. The lowest BCUT2D eigenvalue weighted by atomic mass is 10.0. The molecular weight excluding hydrogens is 548 g/mol. The Kier molecular flexibility index (Phi) is 11.1. The Labute approximate surface area is 242 Å². The molecule has 10 heteroatoms. The Morgan fingerprint density at radius 1 is 0.875 bits per heavy atom. The number of anilines is 1. The van der Waals surface area contributed by atoms with Crippen molar-refractivity contribution in [2.75, 3.05) is 31.5 Å². The van der Waals surface area contributed by atoms with Gasteiger partial charge in [-0.25, -0.2) is 4.31 Å². The zero-order valence-electron chi connectivity index (χ0n) is 23.3. The van der Waals surface area contributed by atoms with Crippen LogP contribution in [0.25, 0.3) is 0 Å². The van der Waals surface area contributed by atoms with Crippen LogP contribution in [0.15, 0.2) is 84.9 Å². The molecule has 0 radical (unpaired) electrons. The number of hydrogen-bond acceptors (Lipinski definition) is 4. The highest BCUT2D eigenvalue weighted by molar-refractivity contribution is 7.90. The molecule has 0 fully saturated rings. The quantitative estimate of drug-likeness (QED) is 0.323. The fourth-order valence-corrected chi connectivity index (χ4v) is 5.39. The van der Waals surface area contributed by atoms with Crippen LogP contribution in [0.3, 0.4) is 0 Å². The molecule has 0 aliphatic rings. The van der Waals surface area contributed by atoms with E-state index in [0.717, 1.165) is 19.7 Å². The maximum atomic E-state index is 14.1. The van der Waals surface area contributed by atoms with E-state index in [4.69, 9.17) is 11.6 Å². The highest BCUT2D eigenvalue weighted by Crippen LogP contribution is 2.22. The van der Waals surface area contributed by atoms with Gasteiger partial charge in [-0.2, -0.15) is 12.7 Å². The van der Waals surface area contributed by atoms with E-state index < -0.39 is 28.7 Å². The average Bonchev–Trinajstić information content (AvgIpc) is 2.93.